The van der Waals surface area contributed by atoms with Gasteiger partial charge in [0, 0.05) is 6.92 Å². The second-order valence-electron chi connectivity index (χ2n) is 6.10. The van der Waals surface area contributed by atoms with Crippen LogP contribution in [0.5, 0.6) is 5.75 Å². The molecular formula is C17H15NO4. The number of hydrogen-bond donors (Lipinski definition) is 0. The molecule has 1 saturated carbocycles. The molecule has 1 aliphatic heterocycles. The first-order valence-corrected chi connectivity index (χ1v) is 7.41. The summed E-state index contributed by atoms with van der Waals surface area (Å²) in [5.74, 6) is -0.200. The maximum atomic E-state index is 12.6. The number of carbonyl (C=O) groups is 3. The lowest BCUT2D eigenvalue weighted by atomic mass is 9.85. The minimum atomic E-state index is -0.404. The van der Waals surface area contributed by atoms with Crippen molar-refractivity contribution in [2.24, 2.45) is 23.7 Å². The Bertz CT molecular complexity index is 676. The summed E-state index contributed by atoms with van der Waals surface area (Å²) in [6.45, 7) is 1.32. The summed E-state index contributed by atoms with van der Waals surface area (Å²) in [5, 5.41) is 0. The number of esters is 1. The zero-order valence-electron chi connectivity index (χ0n) is 12.1. The fourth-order valence-corrected chi connectivity index (χ4v) is 3.99. The molecule has 0 spiro atoms. The molecule has 1 saturated heterocycles. The van der Waals surface area contributed by atoms with E-state index in [1.54, 1.807) is 24.3 Å². The molecule has 1 heterocycles. The Labute approximate surface area is 127 Å². The van der Waals surface area contributed by atoms with Crippen molar-refractivity contribution >= 4 is 23.5 Å². The van der Waals surface area contributed by atoms with Gasteiger partial charge >= 0.3 is 5.97 Å². The fourth-order valence-electron chi connectivity index (χ4n) is 3.99. The van der Waals surface area contributed by atoms with E-state index in [0.717, 1.165) is 6.42 Å². The smallest absolute Gasteiger partial charge is 0.308 e. The van der Waals surface area contributed by atoms with E-state index >= 15 is 0 Å². The summed E-state index contributed by atoms with van der Waals surface area (Å²) in [5.41, 5.74) is 0.541. The normalized spacial score (nSPS) is 31.8. The van der Waals surface area contributed by atoms with E-state index in [4.69, 9.17) is 4.74 Å². The number of ether oxygens (including phenoxy) is 1. The van der Waals surface area contributed by atoms with Crippen LogP contribution in [0, 0.1) is 23.7 Å². The minimum absolute atomic E-state index is 0.105. The van der Waals surface area contributed by atoms with Crippen LogP contribution in [0.1, 0.15) is 13.3 Å². The van der Waals surface area contributed by atoms with Crippen molar-refractivity contribution in [1.82, 2.24) is 0 Å². The summed E-state index contributed by atoms with van der Waals surface area (Å²) in [4.78, 5) is 37.5. The monoisotopic (exact) mass is 297 g/mol. The van der Waals surface area contributed by atoms with E-state index in [1.165, 1.54) is 11.8 Å². The van der Waals surface area contributed by atoms with Crippen molar-refractivity contribution in [1.29, 1.82) is 0 Å². The summed E-state index contributed by atoms with van der Waals surface area (Å²) < 4.78 is 4.97. The van der Waals surface area contributed by atoms with Gasteiger partial charge in [0.1, 0.15) is 5.75 Å². The molecule has 3 aliphatic rings. The van der Waals surface area contributed by atoms with Crippen molar-refractivity contribution in [2.45, 2.75) is 13.3 Å². The number of imide groups is 1. The van der Waals surface area contributed by atoms with Crippen LogP contribution in [0.15, 0.2) is 36.4 Å². The molecule has 4 rings (SSSR count). The second kappa shape index (κ2) is 4.53. The van der Waals surface area contributed by atoms with Crippen LogP contribution >= 0.6 is 0 Å². The van der Waals surface area contributed by atoms with E-state index in [9.17, 15) is 14.4 Å². The fraction of sp³-hybridized carbons (Fsp3) is 0.353. The Kier molecular flexibility index (Phi) is 2.73. The first-order chi connectivity index (χ1) is 10.6. The van der Waals surface area contributed by atoms with Crippen molar-refractivity contribution in [2.75, 3.05) is 4.90 Å². The van der Waals surface area contributed by atoms with Crippen LogP contribution in [-0.4, -0.2) is 17.8 Å². The molecule has 22 heavy (non-hydrogen) atoms. The minimum Gasteiger partial charge on any atom is -0.427 e. The first-order valence-electron chi connectivity index (χ1n) is 7.41. The van der Waals surface area contributed by atoms with Crippen LogP contribution in [0.2, 0.25) is 0 Å². The van der Waals surface area contributed by atoms with E-state index < -0.39 is 5.97 Å². The maximum absolute atomic E-state index is 12.6. The number of rotatable bonds is 2. The number of carbonyl (C=O) groups excluding carboxylic acids is 3. The number of amides is 2. The number of fused-ring (bicyclic) bond motifs is 5. The van der Waals surface area contributed by atoms with Gasteiger partial charge in [0.15, 0.2) is 0 Å². The third-order valence-electron chi connectivity index (χ3n) is 4.83. The SMILES string of the molecule is CC(=O)Oc1ccc(N2C(=O)[C@@H]3[C@@H](C2=O)[C@H]2C=C[C@@H]3C2)cc1. The van der Waals surface area contributed by atoms with Crippen LogP contribution < -0.4 is 9.64 Å². The number of hydrogen-bond acceptors (Lipinski definition) is 4. The number of nitrogens with zero attached hydrogens (tertiary/aromatic N) is 1. The highest BCUT2D eigenvalue weighted by Crippen LogP contribution is 2.53. The molecule has 0 radical (unpaired) electrons. The largest absolute Gasteiger partial charge is 0.427 e. The second-order valence-corrected chi connectivity index (χ2v) is 6.10. The highest BCUT2D eigenvalue weighted by atomic mass is 16.5. The van der Waals surface area contributed by atoms with Gasteiger partial charge in [-0.1, -0.05) is 12.2 Å². The van der Waals surface area contributed by atoms with Crippen LogP contribution in [0.25, 0.3) is 0 Å². The number of anilines is 1. The summed E-state index contributed by atoms with van der Waals surface area (Å²) in [6.07, 6.45) is 5.07. The zero-order chi connectivity index (χ0) is 15.4. The molecule has 5 heteroatoms. The van der Waals surface area contributed by atoms with Gasteiger partial charge in [-0.25, -0.2) is 0 Å². The third-order valence-corrected chi connectivity index (χ3v) is 4.83. The number of allylic oxidation sites excluding steroid dienone is 2. The van der Waals surface area contributed by atoms with Crippen LogP contribution in [0.3, 0.4) is 0 Å². The molecule has 5 nitrogen and oxygen atoms in total. The lowest BCUT2D eigenvalue weighted by Crippen LogP contribution is -2.32. The van der Waals surface area contributed by atoms with E-state index in [0.29, 0.717) is 11.4 Å². The molecule has 112 valence electrons. The molecule has 1 aromatic rings. The number of benzene rings is 1. The summed E-state index contributed by atoms with van der Waals surface area (Å²) >= 11 is 0. The molecule has 0 unspecified atom stereocenters. The molecular weight excluding hydrogens is 282 g/mol. The van der Waals surface area contributed by atoms with Crippen LogP contribution in [0.4, 0.5) is 5.69 Å². The predicted molar refractivity (Wildman–Crippen MR) is 78.0 cm³/mol. The maximum Gasteiger partial charge on any atom is 0.308 e. The molecule has 0 aromatic heterocycles. The highest BCUT2D eigenvalue weighted by molar-refractivity contribution is 6.22. The summed E-state index contributed by atoms with van der Waals surface area (Å²) in [7, 11) is 0. The lowest BCUT2D eigenvalue weighted by molar-refractivity contribution is -0.132. The Hall–Kier alpha value is -2.43. The molecule has 2 amide bonds. The Morgan fingerprint density at radius 1 is 1.05 bits per heavy atom. The van der Waals surface area contributed by atoms with Gasteiger partial charge in [-0.2, -0.15) is 0 Å². The van der Waals surface area contributed by atoms with Crippen molar-refractivity contribution in [3.63, 3.8) is 0 Å². The molecule has 2 bridgehead atoms. The predicted octanol–water partition coefficient (Wildman–Crippen LogP) is 1.92. The molecule has 0 N–H and O–H groups in total. The van der Waals surface area contributed by atoms with E-state index in [-0.39, 0.29) is 35.5 Å². The van der Waals surface area contributed by atoms with Gasteiger partial charge in [0.05, 0.1) is 17.5 Å². The molecule has 2 aliphatic carbocycles. The highest BCUT2D eigenvalue weighted by Gasteiger charge is 2.59. The van der Waals surface area contributed by atoms with Gasteiger partial charge in [-0.05, 0) is 42.5 Å². The Morgan fingerprint density at radius 3 is 2.09 bits per heavy atom. The van der Waals surface area contributed by atoms with Gasteiger partial charge in [-0.3, -0.25) is 19.3 Å². The van der Waals surface area contributed by atoms with Crippen molar-refractivity contribution < 1.29 is 19.1 Å². The van der Waals surface area contributed by atoms with Gasteiger partial charge < -0.3 is 4.74 Å². The first kappa shape index (κ1) is 13.2. The van der Waals surface area contributed by atoms with Gasteiger partial charge in [-0.15, -0.1) is 0 Å². The quantitative estimate of drug-likeness (QED) is 0.362. The van der Waals surface area contributed by atoms with Gasteiger partial charge in [0.2, 0.25) is 11.8 Å². The average Bonchev–Trinajstić information content (AvgIpc) is 3.14. The Balaban J connectivity index is 1.62. The molecule has 2 fully saturated rings. The summed E-state index contributed by atoms with van der Waals surface area (Å²) in [6, 6.07) is 6.48. The topological polar surface area (TPSA) is 63.7 Å². The Morgan fingerprint density at radius 2 is 1.59 bits per heavy atom. The lowest BCUT2D eigenvalue weighted by Gasteiger charge is -2.17. The van der Waals surface area contributed by atoms with Crippen molar-refractivity contribution in [3.05, 3.63) is 36.4 Å². The van der Waals surface area contributed by atoms with Crippen molar-refractivity contribution in [3.8, 4) is 5.75 Å². The third kappa shape index (κ3) is 1.75. The van der Waals surface area contributed by atoms with Gasteiger partial charge in [0.25, 0.3) is 0 Å². The molecule has 4 atom stereocenters. The average molecular weight is 297 g/mol. The van der Waals surface area contributed by atoms with E-state index in [2.05, 4.69) is 12.2 Å². The van der Waals surface area contributed by atoms with E-state index in [1.807, 2.05) is 0 Å². The zero-order valence-corrected chi connectivity index (χ0v) is 12.1. The molecule has 1 aromatic carbocycles. The van der Waals surface area contributed by atoms with Crippen LogP contribution in [-0.2, 0) is 14.4 Å². The standard InChI is InChI=1S/C17H15NO4/c1-9(19)22-13-6-4-12(5-7-13)18-16(20)14-10-2-3-11(8-10)15(14)17(18)21/h2-7,10-11,14-15H,8H2,1H3/t10-,11+,14-,15-/m0/s1.